The van der Waals surface area contributed by atoms with Crippen LogP contribution in [0.2, 0.25) is 0 Å². The van der Waals surface area contributed by atoms with Crippen molar-refractivity contribution in [1.29, 1.82) is 0 Å². The van der Waals surface area contributed by atoms with Crippen LogP contribution < -0.4 is 14.5 Å². The molecule has 0 aliphatic heterocycles. The molecule has 3 N–H and O–H groups in total. The van der Waals surface area contributed by atoms with E-state index in [1.807, 2.05) is 30.3 Å². The summed E-state index contributed by atoms with van der Waals surface area (Å²) in [6.45, 7) is -1.19. The standard InChI is InChI=1S/C52H47F5N2O8S.C31H29F5N2O8S/c1-58(68(63,64)50-48(56)46(54)45(53)47(55)49(50)57)42(29-44(60)66-32-36-16-8-3-9-17-36)51(61)59(30-34-22-24-39(25-23-34)38-20-12-5-13-21-38)40-26-27-41(52(62)67-33-37-18-10-4-11-19-37)43(28-40)65-31-35-14-6-2-7-15-35;1-37(47(45,46)29-27(35)25(33)24(32)26(34)28(29)36)21(14-23(40)41)30(42)38(19-11-12-20(31(43)44)22(39)13-19)15-16-7-9-18(10-8-16)17-5-3-2-4-6-17/h2-4,6-11,14-19,22-28,38,42H,5,12-13,20-21,29-33H2,1H3;7-13,17,21,39H,2-6,14-15H2,1H3,(H,40,41)(H,43,44)/t42-;21-/m00/s1. The van der Waals surface area contributed by atoms with Crippen LogP contribution in [0.1, 0.15) is 149 Å². The van der Waals surface area contributed by atoms with Gasteiger partial charge in [-0.15, -0.1) is 0 Å². The van der Waals surface area contributed by atoms with Crippen molar-refractivity contribution in [2.45, 2.75) is 144 Å². The quantitative estimate of drug-likeness (QED) is 0.0170. The van der Waals surface area contributed by atoms with Gasteiger partial charge in [0.1, 0.15) is 54.5 Å². The number of ether oxygens (including phenoxy) is 3. The average Bonchev–Trinajstić information content (AvgIpc) is 0.754. The molecule has 2 aliphatic carbocycles. The number of likely N-dealkylation sites (N-methyl/N-ethyl adjacent to an activating group) is 2. The maximum Gasteiger partial charge on any atom is 0.342 e. The SMILES string of the molecule is CN([C@@H](CC(=O)O)C(=O)N(Cc1ccc(C2CCCCC2)cc1)c1ccc(C(=O)O)c(O)c1)S(=O)(=O)c1c(F)c(F)c(F)c(F)c1F.CN([C@@H](CC(=O)OCc1ccccc1)C(=O)N(Cc1ccc(C2CCCCC2)cc1)c1ccc(C(=O)OCc2ccccc2)c(OCc2ccccc2)c1)S(=O)(=O)c1c(F)c(F)c(F)c(F)c1F. The zero-order valence-corrected chi connectivity index (χ0v) is 63.2. The number of hydrogen-bond donors (Lipinski definition) is 3. The molecule has 0 saturated heterocycles. The number of carboxylic acid groups (broad SMARTS) is 2. The van der Waals surface area contributed by atoms with E-state index in [0.717, 1.165) is 103 Å². The number of sulfonamides is 2. The second kappa shape index (κ2) is 38.1. The van der Waals surface area contributed by atoms with Crippen molar-refractivity contribution < 1.29 is 119 Å². The molecule has 115 heavy (non-hydrogen) atoms. The summed E-state index contributed by atoms with van der Waals surface area (Å²) in [5.74, 6) is -34.2. The van der Waals surface area contributed by atoms with Crippen LogP contribution in [0.15, 0.2) is 186 Å². The molecule has 9 aromatic carbocycles. The van der Waals surface area contributed by atoms with E-state index in [1.165, 1.54) is 18.2 Å². The van der Waals surface area contributed by atoms with Gasteiger partial charge >= 0.3 is 23.9 Å². The number of aromatic carboxylic acids is 1. The predicted molar refractivity (Wildman–Crippen MR) is 398 cm³/mol. The van der Waals surface area contributed by atoms with Crippen molar-refractivity contribution in [3.8, 4) is 11.5 Å². The van der Waals surface area contributed by atoms with E-state index < -0.39 is 166 Å². The van der Waals surface area contributed by atoms with E-state index in [0.29, 0.717) is 53.7 Å². The molecule has 11 rings (SSSR count). The number of esters is 2. The largest absolute Gasteiger partial charge is 0.507 e. The molecular formula is C83H76F10N4O16S2. The number of aromatic hydroxyl groups is 1. The summed E-state index contributed by atoms with van der Waals surface area (Å²) in [5, 5.41) is 29.2. The Morgan fingerprint density at radius 3 is 1.16 bits per heavy atom. The summed E-state index contributed by atoms with van der Waals surface area (Å²) >= 11 is 0. The van der Waals surface area contributed by atoms with E-state index in [4.69, 9.17) is 14.2 Å². The highest BCUT2D eigenvalue weighted by atomic mass is 32.2. The Hall–Kier alpha value is -11.5. The normalized spacial score (nSPS) is 13.9. The molecule has 0 aromatic heterocycles. The number of anilines is 2. The van der Waals surface area contributed by atoms with Gasteiger partial charge in [0.15, 0.2) is 56.3 Å². The number of carboxylic acids is 2. The molecular weight excluding hydrogens is 1560 g/mol. The maximum absolute atomic E-state index is 15.3. The molecule has 20 nitrogen and oxygen atoms in total. The Morgan fingerprint density at radius 2 is 0.774 bits per heavy atom. The van der Waals surface area contributed by atoms with Crippen LogP contribution in [-0.4, -0.2) is 103 Å². The number of carbonyl (C=O) groups excluding carboxylic acids is 4. The Morgan fingerprint density at radius 1 is 0.417 bits per heavy atom. The van der Waals surface area contributed by atoms with Crippen LogP contribution in [-0.2, 0) is 81.6 Å². The number of phenols is 1. The van der Waals surface area contributed by atoms with Gasteiger partial charge in [0.25, 0.3) is 0 Å². The van der Waals surface area contributed by atoms with Crippen LogP contribution in [0.5, 0.6) is 11.5 Å². The van der Waals surface area contributed by atoms with Crippen molar-refractivity contribution >= 4 is 67.1 Å². The lowest BCUT2D eigenvalue weighted by Gasteiger charge is -2.32. The predicted octanol–water partition coefficient (Wildman–Crippen LogP) is 16.3. The zero-order chi connectivity index (χ0) is 83.2. The highest BCUT2D eigenvalue weighted by Gasteiger charge is 2.45. The van der Waals surface area contributed by atoms with Crippen molar-refractivity contribution in [2.24, 2.45) is 0 Å². The fourth-order valence-electron chi connectivity index (χ4n) is 13.5. The van der Waals surface area contributed by atoms with Gasteiger partial charge in [0.2, 0.25) is 43.5 Å². The van der Waals surface area contributed by atoms with E-state index >= 15 is 13.6 Å². The third kappa shape index (κ3) is 20.4. The van der Waals surface area contributed by atoms with Crippen molar-refractivity contribution in [1.82, 2.24) is 8.61 Å². The van der Waals surface area contributed by atoms with Crippen LogP contribution in [0.3, 0.4) is 0 Å². The third-order valence-electron chi connectivity index (χ3n) is 19.8. The molecule has 2 fully saturated rings. The Balaban J connectivity index is 0.000000260. The van der Waals surface area contributed by atoms with Gasteiger partial charge < -0.3 is 39.3 Å². The molecule has 9 aromatic rings. The van der Waals surface area contributed by atoms with Gasteiger partial charge in [-0.25, -0.2) is 70.3 Å². The van der Waals surface area contributed by atoms with Gasteiger partial charge in [-0.1, -0.05) is 178 Å². The molecule has 2 atom stereocenters. The Kier molecular flexibility index (Phi) is 28.5. The van der Waals surface area contributed by atoms with Crippen LogP contribution in [0.25, 0.3) is 0 Å². The van der Waals surface area contributed by atoms with Crippen LogP contribution in [0.4, 0.5) is 55.3 Å². The number of amides is 2. The highest BCUT2D eigenvalue weighted by Crippen LogP contribution is 2.39. The molecule has 0 unspecified atom stereocenters. The minimum Gasteiger partial charge on any atom is -0.507 e. The first-order valence-corrected chi connectivity index (χ1v) is 39.0. The van der Waals surface area contributed by atoms with E-state index in [9.17, 15) is 91.3 Å². The lowest BCUT2D eigenvalue weighted by atomic mass is 9.84. The van der Waals surface area contributed by atoms with Crippen molar-refractivity contribution in [2.75, 3.05) is 23.9 Å². The molecule has 32 heteroatoms. The average molecular weight is 1640 g/mol. The highest BCUT2D eigenvalue weighted by molar-refractivity contribution is 7.89. The molecule has 2 amide bonds. The number of aliphatic carboxylic acids is 1. The molecule has 2 saturated carbocycles. The second-order valence-corrected chi connectivity index (χ2v) is 31.2. The Bertz CT molecular complexity index is 5230. The molecule has 0 heterocycles. The van der Waals surface area contributed by atoms with E-state index in [-0.39, 0.29) is 57.7 Å². The van der Waals surface area contributed by atoms with Gasteiger partial charge in [-0.3, -0.25) is 19.2 Å². The number of benzene rings is 9. The number of hydrogen-bond acceptors (Lipinski definition) is 14. The smallest absolute Gasteiger partial charge is 0.342 e. The second-order valence-electron chi connectivity index (χ2n) is 27.3. The number of halogens is 10. The van der Waals surface area contributed by atoms with Gasteiger partial charge in [-0.05, 0) is 101 Å². The van der Waals surface area contributed by atoms with Gasteiger partial charge in [0, 0.05) is 37.6 Å². The summed E-state index contributed by atoms with van der Waals surface area (Å²) in [5.41, 5.74) is 4.16. The molecule has 0 spiro atoms. The third-order valence-corrected chi connectivity index (χ3v) is 23.6. The zero-order valence-electron chi connectivity index (χ0n) is 61.6. The van der Waals surface area contributed by atoms with Crippen molar-refractivity contribution in [3.63, 3.8) is 0 Å². The summed E-state index contributed by atoms with van der Waals surface area (Å²) in [6.07, 6.45) is 8.12. The molecule has 0 radical (unpaired) electrons. The fourth-order valence-corrected chi connectivity index (χ4v) is 16.3. The minimum absolute atomic E-state index is 0.00119. The number of nitrogens with zero attached hydrogens (tertiary/aromatic N) is 4. The Labute approximate surface area is 654 Å². The molecule has 2 aliphatic rings. The lowest BCUT2D eigenvalue weighted by molar-refractivity contribution is -0.147. The van der Waals surface area contributed by atoms with Gasteiger partial charge in [-0.2, -0.15) is 8.61 Å². The molecule has 0 bridgehead atoms. The van der Waals surface area contributed by atoms with Gasteiger partial charge in [0.05, 0.1) is 25.9 Å². The number of carbonyl (C=O) groups is 6. The van der Waals surface area contributed by atoms with Crippen LogP contribution >= 0.6 is 0 Å². The fraction of sp³-hybridized carbons (Fsp3) is 0.277. The van der Waals surface area contributed by atoms with E-state index in [2.05, 4.69) is 0 Å². The minimum atomic E-state index is -5.82. The summed E-state index contributed by atoms with van der Waals surface area (Å²) < 4.78 is 217. The first kappa shape index (κ1) is 85.9. The first-order valence-electron chi connectivity index (χ1n) is 36.1. The summed E-state index contributed by atoms with van der Waals surface area (Å²) in [6, 6.07) is 42.9. The summed E-state index contributed by atoms with van der Waals surface area (Å²) in [4.78, 5) is 77.4. The monoisotopic (exact) mass is 1640 g/mol. The molecule has 606 valence electrons. The first-order chi connectivity index (χ1) is 54.8. The summed E-state index contributed by atoms with van der Waals surface area (Å²) in [7, 11) is -10.4. The van der Waals surface area contributed by atoms with Crippen molar-refractivity contribution in [3.05, 3.63) is 284 Å². The number of rotatable bonds is 29. The van der Waals surface area contributed by atoms with E-state index in [1.54, 1.807) is 109 Å². The lowest BCUT2D eigenvalue weighted by Crippen LogP contribution is -2.50. The topological polar surface area (TPSA) is 272 Å². The maximum atomic E-state index is 15.3. The van der Waals surface area contributed by atoms with Crippen LogP contribution in [0, 0.1) is 58.2 Å².